The highest BCUT2D eigenvalue weighted by Gasteiger charge is 2.36. The summed E-state index contributed by atoms with van der Waals surface area (Å²) in [5, 5.41) is 0. The predicted molar refractivity (Wildman–Crippen MR) is 201 cm³/mol. The van der Waals surface area contributed by atoms with Gasteiger partial charge in [0.1, 0.15) is 22.3 Å². The van der Waals surface area contributed by atoms with E-state index in [1.165, 1.54) is 28.4 Å². The SMILES string of the molecule is COC(=O)c1c(C(=O)OC)c(-c2ccccc2)n(CCCn2c(-c3ccccc3)c(C(=O)OC)c(C(=O)OC)c2-c2ccccc2)c1-c1ccccc1. The second-order valence-electron chi connectivity index (χ2n) is 12.0. The Morgan fingerprint density at radius 1 is 0.377 bits per heavy atom. The summed E-state index contributed by atoms with van der Waals surface area (Å²) in [6.07, 6.45) is 0.408. The molecule has 6 aromatic rings. The van der Waals surface area contributed by atoms with Gasteiger partial charge in [-0.15, -0.1) is 0 Å². The predicted octanol–water partition coefficient (Wildman–Crippen LogP) is 8.19. The van der Waals surface area contributed by atoms with Crippen molar-refractivity contribution in [2.75, 3.05) is 28.4 Å². The zero-order valence-electron chi connectivity index (χ0n) is 29.8. The van der Waals surface area contributed by atoms with Crippen LogP contribution in [0.1, 0.15) is 47.9 Å². The van der Waals surface area contributed by atoms with Gasteiger partial charge in [0.2, 0.25) is 0 Å². The van der Waals surface area contributed by atoms with Crippen molar-refractivity contribution in [1.82, 2.24) is 9.13 Å². The molecule has 0 fully saturated rings. The molecule has 0 atom stereocenters. The van der Waals surface area contributed by atoms with E-state index < -0.39 is 23.9 Å². The summed E-state index contributed by atoms with van der Waals surface area (Å²) in [6.45, 7) is 0.578. The maximum absolute atomic E-state index is 13.6. The van der Waals surface area contributed by atoms with Crippen LogP contribution >= 0.6 is 0 Å². The lowest BCUT2D eigenvalue weighted by Gasteiger charge is -2.18. The Morgan fingerprint density at radius 2 is 0.585 bits per heavy atom. The van der Waals surface area contributed by atoms with Crippen molar-refractivity contribution in [3.63, 3.8) is 0 Å². The molecule has 0 aliphatic heterocycles. The molecule has 0 N–H and O–H groups in total. The largest absolute Gasteiger partial charge is 0.465 e. The summed E-state index contributed by atoms with van der Waals surface area (Å²) in [6, 6.07) is 37.3. The zero-order chi connectivity index (χ0) is 37.5. The highest BCUT2D eigenvalue weighted by Crippen LogP contribution is 2.41. The van der Waals surface area contributed by atoms with Crippen molar-refractivity contribution >= 4 is 23.9 Å². The van der Waals surface area contributed by atoms with Gasteiger partial charge in [-0.3, -0.25) is 0 Å². The lowest BCUT2D eigenvalue weighted by atomic mass is 10.0. The lowest BCUT2D eigenvalue weighted by Crippen LogP contribution is -2.11. The summed E-state index contributed by atoms with van der Waals surface area (Å²) in [5.74, 6) is -2.75. The molecule has 0 radical (unpaired) electrons. The maximum atomic E-state index is 13.6. The van der Waals surface area contributed by atoms with E-state index in [0.29, 0.717) is 51.5 Å². The Hall–Kier alpha value is -6.68. The Labute approximate surface area is 307 Å². The number of hydrogen-bond acceptors (Lipinski definition) is 8. The van der Waals surface area contributed by atoms with Gasteiger partial charge in [-0.1, -0.05) is 121 Å². The highest BCUT2D eigenvalue weighted by molar-refractivity contribution is 6.13. The van der Waals surface area contributed by atoms with Gasteiger partial charge in [-0.25, -0.2) is 19.2 Å². The van der Waals surface area contributed by atoms with Crippen LogP contribution in [0.4, 0.5) is 0 Å². The molecular weight excluding hydrogens is 672 g/mol. The lowest BCUT2D eigenvalue weighted by molar-refractivity contribution is 0.0558. The monoisotopic (exact) mass is 710 g/mol. The molecular formula is C43H38N2O8. The van der Waals surface area contributed by atoms with E-state index in [1.807, 2.05) is 130 Å². The Morgan fingerprint density at radius 3 is 0.774 bits per heavy atom. The Balaban J connectivity index is 1.61. The van der Waals surface area contributed by atoms with Crippen LogP contribution < -0.4 is 0 Å². The number of carbonyl (C=O) groups excluding carboxylic acids is 4. The van der Waals surface area contributed by atoms with E-state index in [2.05, 4.69) is 0 Å². The number of nitrogens with zero attached hydrogens (tertiary/aromatic N) is 2. The van der Waals surface area contributed by atoms with Gasteiger partial charge in [0.15, 0.2) is 0 Å². The molecule has 0 bridgehead atoms. The third-order valence-corrected chi connectivity index (χ3v) is 9.04. The van der Waals surface area contributed by atoms with Crippen LogP contribution in [0, 0.1) is 0 Å². The summed E-state index contributed by atoms with van der Waals surface area (Å²) in [5.41, 5.74) is 5.05. The molecule has 0 amide bonds. The van der Waals surface area contributed by atoms with Crippen LogP contribution in [0.2, 0.25) is 0 Å². The van der Waals surface area contributed by atoms with Gasteiger partial charge in [0.25, 0.3) is 0 Å². The fourth-order valence-electron chi connectivity index (χ4n) is 6.86. The molecule has 268 valence electrons. The van der Waals surface area contributed by atoms with E-state index in [4.69, 9.17) is 18.9 Å². The van der Waals surface area contributed by atoms with Gasteiger partial charge in [0, 0.05) is 13.1 Å². The number of methoxy groups -OCH3 is 4. The summed E-state index contributed by atoms with van der Waals surface area (Å²) in [4.78, 5) is 54.5. The molecule has 0 aliphatic rings. The van der Waals surface area contributed by atoms with Gasteiger partial charge in [0.05, 0.1) is 51.2 Å². The smallest absolute Gasteiger partial charge is 0.340 e. The number of ether oxygens (including phenoxy) is 4. The average Bonchev–Trinajstić information content (AvgIpc) is 3.74. The summed E-state index contributed by atoms with van der Waals surface area (Å²) < 4.78 is 25.0. The first-order valence-electron chi connectivity index (χ1n) is 16.9. The second-order valence-corrected chi connectivity index (χ2v) is 12.0. The topological polar surface area (TPSA) is 115 Å². The van der Waals surface area contributed by atoms with Gasteiger partial charge in [-0.05, 0) is 28.7 Å². The first kappa shape index (κ1) is 36.1. The molecule has 0 saturated heterocycles. The highest BCUT2D eigenvalue weighted by atomic mass is 16.5. The number of aromatic nitrogens is 2. The van der Waals surface area contributed by atoms with E-state index in [9.17, 15) is 19.2 Å². The van der Waals surface area contributed by atoms with Crippen molar-refractivity contribution in [3.8, 4) is 45.0 Å². The molecule has 2 heterocycles. The van der Waals surface area contributed by atoms with Crippen LogP contribution in [0.15, 0.2) is 121 Å². The normalized spacial score (nSPS) is 10.8. The van der Waals surface area contributed by atoms with Crippen molar-refractivity contribution < 1.29 is 38.1 Å². The van der Waals surface area contributed by atoms with Gasteiger partial charge in [-0.2, -0.15) is 0 Å². The zero-order valence-corrected chi connectivity index (χ0v) is 29.8. The molecule has 10 nitrogen and oxygen atoms in total. The fraction of sp³-hybridized carbons (Fsp3) is 0.163. The van der Waals surface area contributed by atoms with Crippen LogP contribution in [0.25, 0.3) is 45.0 Å². The minimum absolute atomic E-state index is 0.0845. The van der Waals surface area contributed by atoms with Crippen LogP contribution in [-0.2, 0) is 32.0 Å². The molecule has 4 aromatic carbocycles. The Bertz CT molecular complexity index is 1940. The molecule has 6 rings (SSSR count). The molecule has 0 aliphatic carbocycles. The van der Waals surface area contributed by atoms with Crippen molar-refractivity contribution in [2.45, 2.75) is 19.5 Å². The first-order valence-corrected chi connectivity index (χ1v) is 16.9. The number of rotatable bonds is 12. The van der Waals surface area contributed by atoms with E-state index in [-0.39, 0.29) is 35.3 Å². The minimum Gasteiger partial charge on any atom is -0.465 e. The van der Waals surface area contributed by atoms with Gasteiger partial charge >= 0.3 is 23.9 Å². The summed E-state index contributed by atoms with van der Waals surface area (Å²) >= 11 is 0. The van der Waals surface area contributed by atoms with Gasteiger partial charge < -0.3 is 28.1 Å². The molecule has 10 heteroatoms. The molecule has 2 aromatic heterocycles. The first-order chi connectivity index (χ1) is 25.9. The second kappa shape index (κ2) is 16.1. The van der Waals surface area contributed by atoms with E-state index in [0.717, 1.165) is 0 Å². The quantitative estimate of drug-likeness (QED) is 0.0923. The average molecular weight is 711 g/mol. The van der Waals surface area contributed by atoms with Crippen molar-refractivity contribution in [1.29, 1.82) is 0 Å². The fourth-order valence-corrected chi connectivity index (χ4v) is 6.86. The molecule has 0 spiro atoms. The number of carbonyl (C=O) groups is 4. The third kappa shape index (κ3) is 6.86. The van der Waals surface area contributed by atoms with E-state index >= 15 is 0 Å². The number of esters is 4. The standard InChI is InChI=1S/C43H38N2O8/c1-50-40(46)32-33(41(47)51-2)37(29-20-11-6-12-21-29)44(36(32)28-18-9-5-10-19-28)26-17-27-45-38(30-22-13-7-14-23-30)34(42(48)52-3)35(43(49)53-4)39(45)31-24-15-8-16-25-31/h5-16,18-25H,17,26-27H2,1-4H3. The molecule has 0 unspecified atom stereocenters. The van der Waals surface area contributed by atoms with E-state index in [1.54, 1.807) is 0 Å². The van der Waals surface area contributed by atoms with Crippen LogP contribution in [0.3, 0.4) is 0 Å². The minimum atomic E-state index is -0.686. The van der Waals surface area contributed by atoms with Crippen LogP contribution in [-0.4, -0.2) is 61.5 Å². The van der Waals surface area contributed by atoms with Crippen LogP contribution in [0.5, 0.6) is 0 Å². The van der Waals surface area contributed by atoms with Crippen molar-refractivity contribution in [2.24, 2.45) is 0 Å². The number of benzene rings is 4. The van der Waals surface area contributed by atoms with Crippen molar-refractivity contribution in [3.05, 3.63) is 144 Å². The molecule has 53 heavy (non-hydrogen) atoms. The summed E-state index contributed by atoms with van der Waals surface area (Å²) in [7, 11) is 5.10. The molecule has 0 saturated carbocycles. The number of hydrogen-bond donors (Lipinski definition) is 0. The third-order valence-electron chi connectivity index (χ3n) is 9.04. The maximum Gasteiger partial charge on any atom is 0.340 e. The Kier molecular flexibility index (Phi) is 11.0.